The van der Waals surface area contributed by atoms with Gasteiger partial charge in [-0.05, 0) is 36.8 Å². The second kappa shape index (κ2) is 9.41. The first-order chi connectivity index (χ1) is 14.4. The predicted molar refractivity (Wildman–Crippen MR) is 108 cm³/mol. The minimum absolute atomic E-state index is 0.250. The number of methoxy groups -OCH3 is 1. The van der Waals surface area contributed by atoms with Crippen molar-refractivity contribution in [2.24, 2.45) is 0 Å². The standard InChI is InChI=1S/C19H21F3N2O6S/c1-4-30-18-9-12(5-8-17(18)29-2)15(11-31(3,27)28)23-14-7-6-13(19(20,21)22)10-16(14)24(25)26/h5-10,15,23H,4,11H2,1-3H3/t15-/m1/s1. The molecule has 1 atom stereocenters. The van der Waals surface area contributed by atoms with E-state index in [-0.39, 0.29) is 5.69 Å². The van der Waals surface area contributed by atoms with E-state index in [9.17, 15) is 31.7 Å². The molecular weight excluding hydrogens is 441 g/mol. The number of ether oxygens (including phenoxy) is 2. The highest BCUT2D eigenvalue weighted by atomic mass is 32.2. The summed E-state index contributed by atoms with van der Waals surface area (Å²) in [7, 11) is -2.16. The number of nitro groups is 1. The molecule has 0 saturated carbocycles. The predicted octanol–water partition coefficient (Wildman–Crippen LogP) is 4.22. The van der Waals surface area contributed by atoms with Crippen LogP contribution in [0.15, 0.2) is 36.4 Å². The zero-order valence-corrected chi connectivity index (χ0v) is 17.7. The van der Waals surface area contributed by atoms with Gasteiger partial charge in [0.2, 0.25) is 0 Å². The Bertz CT molecular complexity index is 1060. The molecule has 170 valence electrons. The third-order valence-electron chi connectivity index (χ3n) is 4.21. The summed E-state index contributed by atoms with van der Waals surface area (Å²) in [5, 5.41) is 14.1. The molecule has 2 aromatic rings. The number of halogens is 3. The number of hydrogen-bond acceptors (Lipinski definition) is 7. The van der Waals surface area contributed by atoms with Gasteiger partial charge in [-0.15, -0.1) is 0 Å². The van der Waals surface area contributed by atoms with Crippen LogP contribution in [0, 0.1) is 10.1 Å². The van der Waals surface area contributed by atoms with E-state index >= 15 is 0 Å². The Balaban J connectivity index is 2.54. The highest BCUT2D eigenvalue weighted by molar-refractivity contribution is 7.90. The summed E-state index contributed by atoms with van der Waals surface area (Å²) >= 11 is 0. The van der Waals surface area contributed by atoms with Gasteiger partial charge in [-0.1, -0.05) is 6.07 Å². The number of anilines is 1. The van der Waals surface area contributed by atoms with Gasteiger partial charge in [0, 0.05) is 12.3 Å². The van der Waals surface area contributed by atoms with Crippen LogP contribution >= 0.6 is 0 Å². The van der Waals surface area contributed by atoms with Crippen LogP contribution in [0.1, 0.15) is 24.1 Å². The molecule has 0 saturated heterocycles. The molecule has 0 fully saturated rings. The molecule has 31 heavy (non-hydrogen) atoms. The summed E-state index contributed by atoms with van der Waals surface area (Å²) in [5.74, 6) is 0.247. The third-order valence-corrected chi connectivity index (χ3v) is 5.15. The van der Waals surface area contributed by atoms with E-state index in [0.29, 0.717) is 35.8 Å². The van der Waals surface area contributed by atoms with Crippen molar-refractivity contribution in [3.05, 3.63) is 57.6 Å². The van der Waals surface area contributed by atoms with Crippen molar-refractivity contribution in [3.63, 3.8) is 0 Å². The Labute approximate surface area is 177 Å². The Morgan fingerprint density at radius 1 is 1.16 bits per heavy atom. The maximum absolute atomic E-state index is 13.0. The molecule has 2 aromatic carbocycles. The molecule has 12 heteroatoms. The quantitative estimate of drug-likeness (QED) is 0.439. The third kappa shape index (κ3) is 6.48. The number of benzene rings is 2. The summed E-state index contributed by atoms with van der Waals surface area (Å²) in [6.45, 7) is 2.04. The monoisotopic (exact) mass is 462 g/mol. The molecule has 0 aliphatic heterocycles. The topological polar surface area (TPSA) is 108 Å². The van der Waals surface area contributed by atoms with Crippen molar-refractivity contribution < 1.29 is 36.0 Å². The molecular formula is C19H21F3N2O6S. The minimum Gasteiger partial charge on any atom is -0.493 e. The van der Waals surface area contributed by atoms with Crippen LogP contribution in [0.5, 0.6) is 11.5 Å². The van der Waals surface area contributed by atoms with Crippen molar-refractivity contribution in [1.29, 1.82) is 0 Å². The molecule has 0 bridgehead atoms. The number of hydrogen-bond donors (Lipinski definition) is 1. The van der Waals surface area contributed by atoms with Gasteiger partial charge >= 0.3 is 6.18 Å². The molecule has 8 nitrogen and oxygen atoms in total. The summed E-state index contributed by atoms with van der Waals surface area (Å²) in [5.41, 5.74) is -1.87. The average molecular weight is 462 g/mol. The Morgan fingerprint density at radius 2 is 1.84 bits per heavy atom. The van der Waals surface area contributed by atoms with Crippen molar-refractivity contribution >= 4 is 21.2 Å². The maximum atomic E-state index is 13.0. The van der Waals surface area contributed by atoms with E-state index in [2.05, 4.69) is 5.32 Å². The zero-order valence-electron chi connectivity index (χ0n) is 16.9. The van der Waals surface area contributed by atoms with Gasteiger partial charge in [-0.2, -0.15) is 13.2 Å². The Kier molecular flexibility index (Phi) is 7.37. The molecule has 0 unspecified atom stereocenters. The lowest BCUT2D eigenvalue weighted by molar-refractivity contribution is -0.384. The van der Waals surface area contributed by atoms with Gasteiger partial charge in [0.15, 0.2) is 11.5 Å². The fourth-order valence-corrected chi connectivity index (χ4v) is 3.75. The first-order valence-electron chi connectivity index (χ1n) is 8.96. The second-order valence-electron chi connectivity index (χ2n) is 6.62. The molecule has 0 heterocycles. The summed E-state index contributed by atoms with van der Waals surface area (Å²) in [6, 6.07) is 5.59. The number of alkyl halides is 3. The fraction of sp³-hybridized carbons (Fsp3) is 0.368. The lowest BCUT2D eigenvalue weighted by Gasteiger charge is -2.21. The lowest BCUT2D eigenvalue weighted by atomic mass is 10.1. The molecule has 0 aliphatic rings. The Hall–Kier alpha value is -3.02. The van der Waals surface area contributed by atoms with Gasteiger partial charge in [0.05, 0.1) is 36.0 Å². The van der Waals surface area contributed by atoms with Crippen molar-refractivity contribution in [2.45, 2.75) is 19.1 Å². The van der Waals surface area contributed by atoms with E-state index in [1.165, 1.54) is 13.2 Å². The Morgan fingerprint density at radius 3 is 2.35 bits per heavy atom. The van der Waals surface area contributed by atoms with E-state index in [1.807, 2.05) is 0 Å². The number of nitrogens with one attached hydrogen (secondary N) is 1. The van der Waals surface area contributed by atoms with Crippen LogP contribution in [-0.2, 0) is 16.0 Å². The van der Waals surface area contributed by atoms with Gasteiger partial charge in [0.1, 0.15) is 15.5 Å². The lowest BCUT2D eigenvalue weighted by Crippen LogP contribution is -2.21. The van der Waals surface area contributed by atoms with Crippen molar-refractivity contribution in [2.75, 3.05) is 31.0 Å². The fourth-order valence-electron chi connectivity index (χ4n) is 2.87. The highest BCUT2D eigenvalue weighted by Crippen LogP contribution is 2.37. The van der Waals surface area contributed by atoms with Crippen molar-refractivity contribution in [1.82, 2.24) is 0 Å². The molecule has 0 radical (unpaired) electrons. The van der Waals surface area contributed by atoms with Crippen LogP contribution in [0.3, 0.4) is 0 Å². The van der Waals surface area contributed by atoms with Gasteiger partial charge in [0.25, 0.3) is 5.69 Å². The minimum atomic E-state index is -4.77. The number of nitrogens with zero attached hydrogens (tertiary/aromatic N) is 1. The number of rotatable bonds is 9. The second-order valence-corrected chi connectivity index (χ2v) is 8.80. The van der Waals surface area contributed by atoms with E-state index in [1.54, 1.807) is 19.1 Å². The SMILES string of the molecule is CCOc1cc([C@@H](CS(C)(=O)=O)Nc2ccc(C(F)(F)F)cc2[N+](=O)[O-])ccc1OC. The molecule has 1 N–H and O–H groups in total. The van der Waals surface area contributed by atoms with Gasteiger partial charge in [-0.3, -0.25) is 10.1 Å². The van der Waals surface area contributed by atoms with Crippen LogP contribution in [-0.4, -0.2) is 39.1 Å². The van der Waals surface area contributed by atoms with E-state index in [4.69, 9.17) is 9.47 Å². The first kappa shape index (κ1) is 24.3. The summed E-state index contributed by atoms with van der Waals surface area (Å²) in [4.78, 5) is 10.4. The molecule has 0 aliphatic carbocycles. The van der Waals surface area contributed by atoms with E-state index < -0.39 is 44.0 Å². The molecule has 2 rings (SSSR count). The summed E-state index contributed by atoms with van der Waals surface area (Å²) in [6.07, 6.45) is -3.78. The highest BCUT2D eigenvalue weighted by Gasteiger charge is 2.33. The van der Waals surface area contributed by atoms with Crippen molar-refractivity contribution in [3.8, 4) is 11.5 Å². The number of sulfone groups is 1. The van der Waals surface area contributed by atoms with Crippen LogP contribution in [0.25, 0.3) is 0 Å². The maximum Gasteiger partial charge on any atom is 0.416 e. The van der Waals surface area contributed by atoms with Gasteiger partial charge in [-0.25, -0.2) is 8.42 Å². The molecule has 0 spiro atoms. The zero-order chi connectivity index (χ0) is 23.4. The molecule has 0 amide bonds. The largest absolute Gasteiger partial charge is 0.493 e. The molecule has 0 aromatic heterocycles. The summed E-state index contributed by atoms with van der Waals surface area (Å²) < 4.78 is 73.5. The van der Waals surface area contributed by atoms with Crippen LogP contribution < -0.4 is 14.8 Å². The smallest absolute Gasteiger partial charge is 0.416 e. The van der Waals surface area contributed by atoms with Gasteiger partial charge < -0.3 is 14.8 Å². The van der Waals surface area contributed by atoms with Crippen LogP contribution in [0.2, 0.25) is 0 Å². The average Bonchev–Trinajstić information content (AvgIpc) is 2.66. The number of nitro benzene ring substituents is 1. The van der Waals surface area contributed by atoms with E-state index in [0.717, 1.165) is 12.3 Å². The van der Waals surface area contributed by atoms with Crippen LogP contribution in [0.4, 0.5) is 24.5 Å². The normalized spacial score (nSPS) is 12.8. The first-order valence-corrected chi connectivity index (χ1v) is 11.0.